The molecule has 1 unspecified atom stereocenters. The highest BCUT2D eigenvalue weighted by molar-refractivity contribution is 6.10. The molecule has 0 fully saturated rings. The first-order chi connectivity index (χ1) is 25.2. The molecule has 0 spiro atoms. The third-order valence-electron chi connectivity index (χ3n) is 9.90. The van der Waals surface area contributed by atoms with Gasteiger partial charge in [-0.2, -0.15) is 0 Å². The lowest BCUT2D eigenvalue weighted by Gasteiger charge is -2.19. The van der Waals surface area contributed by atoms with Crippen LogP contribution in [-0.2, 0) is 6.42 Å². The Morgan fingerprint density at radius 3 is 2.04 bits per heavy atom. The van der Waals surface area contributed by atoms with Crippen molar-refractivity contribution in [3.05, 3.63) is 175 Å². The van der Waals surface area contributed by atoms with Crippen molar-refractivity contribution in [3.63, 3.8) is 0 Å². The second kappa shape index (κ2) is 12.0. The van der Waals surface area contributed by atoms with Crippen LogP contribution in [0.1, 0.15) is 22.7 Å². The van der Waals surface area contributed by atoms with E-state index in [1.165, 1.54) is 27.5 Å². The Balaban J connectivity index is 1.15. The molecular weight excluding hydrogens is 625 g/mol. The summed E-state index contributed by atoms with van der Waals surface area (Å²) >= 11 is 0. The molecule has 1 atom stereocenters. The molecule has 0 saturated carbocycles. The lowest BCUT2D eigenvalue weighted by molar-refractivity contribution is 0.647. The summed E-state index contributed by atoms with van der Waals surface area (Å²) in [6.07, 6.45) is 5.30. The van der Waals surface area contributed by atoms with Crippen LogP contribution in [0.4, 0.5) is 0 Å². The van der Waals surface area contributed by atoms with Crippen molar-refractivity contribution in [3.8, 4) is 45.3 Å². The summed E-state index contributed by atoms with van der Waals surface area (Å²) < 4.78 is 6.42. The number of benzene rings is 6. The Bertz CT molecular complexity index is 2780. The highest BCUT2D eigenvalue weighted by atomic mass is 16.3. The Hall–Kier alpha value is -6.72. The van der Waals surface area contributed by atoms with Crippen LogP contribution in [0.15, 0.2) is 162 Å². The highest BCUT2D eigenvalue weighted by Crippen LogP contribution is 2.39. The maximum absolute atomic E-state index is 6.42. The number of aromatic nitrogens is 4. The first-order valence-electron chi connectivity index (χ1n) is 17.2. The fourth-order valence-corrected chi connectivity index (χ4v) is 7.34. The van der Waals surface area contributed by atoms with Gasteiger partial charge in [-0.15, -0.1) is 0 Å². The quantitative estimate of drug-likeness (QED) is 0.185. The van der Waals surface area contributed by atoms with E-state index in [4.69, 9.17) is 24.4 Å². The molecule has 240 valence electrons. The summed E-state index contributed by atoms with van der Waals surface area (Å²) in [4.78, 5) is 20.5. The molecular formula is C46H30N4O. The molecule has 9 aromatic rings. The summed E-state index contributed by atoms with van der Waals surface area (Å²) in [5, 5.41) is 4.32. The van der Waals surface area contributed by atoms with Gasteiger partial charge in [0.05, 0.1) is 11.1 Å². The average Bonchev–Trinajstić information content (AvgIpc) is 3.59. The van der Waals surface area contributed by atoms with Crippen LogP contribution in [0, 0.1) is 0 Å². The van der Waals surface area contributed by atoms with Crippen LogP contribution in [-0.4, -0.2) is 19.9 Å². The van der Waals surface area contributed by atoms with E-state index < -0.39 is 0 Å². The molecule has 5 nitrogen and oxygen atoms in total. The molecule has 5 heteroatoms. The number of nitrogens with zero attached hydrogens (tertiary/aromatic N) is 4. The third kappa shape index (κ3) is 5.18. The maximum Gasteiger partial charge on any atom is 0.228 e. The maximum atomic E-state index is 6.42. The largest absolute Gasteiger partial charge is 0.438 e. The molecule has 6 aromatic carbocycles. The molecule has 0 radical (unpaired) electrons. The Kier molecular flexibility index (Phi) is 6.88. The number of para-hydroxylation sites is 1. The van der Waals surface area contributed by atoms with Gasteiger partial charge >= 0.3 is 0 Å². The van der Waals surface area contributed by atoms with Crippen molar-refractivity contribution >= 4 is 38.9 Å². The molecule has 0 N–H and O–H groups in total. The number of fused-ring (bicyclic) bond motifs is 5. The predicted molar refractivity (Wildman–Crippen MR) is 206 cm³/mol. The Morgan fingerprint density at radius 2 is 1.18 bits per heavy atom. The minimum atomic E-state index is 0.0766. The smallest absolute Gasteiger partial charge is 0.228 e. The fourth-order valence-electron chi connectivity index (χ4n) is 7.34. The van der Waals surface area contributed by atoms with Crippen molar-refractivity contribution in [1.82, 2.24) is 19.9 Å². The van der Waals surface area contributed by atoms with Crippen molar-refractivity contribution in [2.75, 3.05) is 0 Å². The number of pyridine rings is 1. The SMILES string of the molecule is C1=CC(c2cc(-c3nc(-c4ccccc4)nc(-c4ccc(-c5cccc6ccccc56)cc4)n3)c3c(n2)oc2ccccc23)Cc2ccccc21. The number of allylic oxidation sites excluding steroid dienone is 1. The van der Waals surface area contributed by atoms with Gasteiger partial charge in [-0.05, 0) is 51.6 Å². The molecule has 10 rings (SSSR count). The minimum absolute atomic E-state index is 0.0766. The van der Waals surface area contributed by atoms with Crippen molar-refractivity contribution < 1.29 is 4.42 Å². The Labute approximate surface area is 294 Å². The van der Waals surface area contributed by atoms with Gasteiger partial charge in [-0.3, -0.25) is 0 Å². The normalized spacial score (nSPS) is 13.9. The molecule has 0 bridgehead atoms. The topological polar surface area (TPSA) is 64.7 Å². The summed E-state index contributed by atoms with van der Waals surface area (Å²) in [7, 11) is 0. The fraction of sp³-hybridized carbons (Fsp3) is 0.0435. The van der Waals surface area contributed by atoms with Crippen LogP contribution in [0.3, 0.4) is 0 Å². The monoisotopic (exact) mass is 654 g/mol. The number of hydrogen-bond donors (Lipinski definition) is 0. The lowest BCUT2D eigenvalue weighted by Crippen LogP contribution is -2.08. The van der Waals surface area contributed by atoms with Crippen LogP contribution in [0.25, 0.3) is 84.2 Å². The van der Waals surface area contributed by atoms with Gasteiger partial charge < -0.3 is 4.42 Å². The second-order valence-electron chi connectivity index (χ2n) is 13.0. The minimum Gasteiger partial charge on any atom is -0.438 e. The van der Waals surface area contributed by atoms with Crippen molar-refractivity contribution in [2.45, 2.75) is 12.3 Å². The summed E-state index contributed by atoms with van der Waals surface area (Å²) in [5.74, 6) is 1.87. The standard InChI is InChI=1S/C46H30N4O/c1-2-13-32(14-3-1)43-48-44(33-24-22-31(23-25-33)37-19-10-16-30-12-6-7-17-36(30)37)50-45(49-43)39-28-40(35-26-21-29-11-4-5-15-34(29)27-35)47-46-42(39)38-18-8-9-20-41(38)51-46/h1-26,28,35H,27H2. The molecule has 1 aliphatic rings. The van der Waals surface area contributed by atoms with E-state index in [0.717, 1.165) is 50.7 Å². The molecule has 3 heterocycles. The van der Waals surface area contributed by atoms with Crippen LogP contribution in [0.2, 0.25) is 0 Å². The van der Waals surface area contributed by atoms with Gasteiger partial charge in [-0.1, -0.05) is 152 Å². The summed E-state index contributed by atoms with van der Waals surface area (Å²) in [6, 6.07) is 52.3. The number of furan rings is 1. The molecule has 51 heavy (non-hydrogen) atoms. The lowest BCUT2D eigenvalue weighted by atomic mass is 9.87. The van der Waals surface area contributed by atoms with Gasteiger partial charge in [0.25, 0.3) is 0 Å². The zero-order valence-electron chi connectivity index (χ0n) is 27.6. The van der Waals surface area contributed by atoms with Gasteiger partial charge in [-0.25, -0.2) is 19.9 Å². The molecule has 3 aromatic heterocycles. The third-order valence-corrected chi connectivity index (χ3v) is 9.90. The molecule has 1 aliphatic carbocycles. The molecule has 0 saturated heterocycles. The van der Waals surface area contributed by atoms with Gasteiger partial charge in [0.1, 0.15) is 5.58 Å². The van der Waals surface area contributed by atoms with E-state index >= 15 is 0 Å². The van der Waals surface area contributed by atoms with Crippen molar-refractivity contribution in [1.29, 1.82) is 0 Å². The van der Waals surface area contributed by atoms with Crippen LogP contribution in [0.5, 0.6) is 0 Å². The van der Waals surface area contributed by atoms with Gasteiger partial charge in [0, 0.05) is 28.0 Å². The zero-order valence-corrected chi connectivity index (χ0v) is 27.6. The van der Waals surface area contributed by atoms with Gasteiger partial charge in [0.15, 0.2) is 17.5 Å². The summed E-state index contributed by atoms with van der Waals surface area (Å²) in [6.45, 7) is 0. The van der Waals surface area contributed by atoms with E-state index in [0.29, 0.717) is 23.2 Å². The second-order valence-corrected chi connectivity index (χ2v) is 13.0. The van der Waals surface area contributed by atoms with E-state index in [9.17, 15) is 0 Å². The first kappa shape index (κ1) is 29.2. The van der Waals surface area contributed by atoms with Gasteiger partial charge in [0.2, 0.25) is 5.71 Å². The van der Waals surface area contributed by atoms with Crippen molar-refractivity contribution in [2.24, 2.45) is 0 Å². The van der Waals surface area contributed by atoms with E-state index in [1.807, 2.05) is 48.5 Å². The van der Waals surface area contributed by atoms with E-state index in [-0.39, 0.29) is 5.92 Å². The predicted octanol–water partition coefficient (Wildman–Crippen LogP) is 11.3. The van der Waals surface area contributed by atoms with E-state index in [1.54, 1.807) is 0 Å². The first-order valence-corrected chi connectivity index (χ1v) is 17.2. The zero-order chi connectivity index (χ0) is 33.7. The summed E-state index contributed by atoms with van der Waals surface area (Å²) in [5.41, 5.74) is 9.88. The average molecular weight is 655 g/mol. The molecule has 0 amide bonds. The van der Waals surface area contributed by atoms with Crippen LogP contribution >= 0.6 is 0 Å². The highest BCUT2D eigenvalue weighted by Gasteiger charge is 2.24. The van der Waals surface area contributed by atoms with E-state index in [2.05, 4.69) is 115 Å². The number of hydrogen-bond acceptors (Lipinski definition) is 5. The molecule has 0 aliphatic heterocycles. The Morgan fingerprint density at radius 1 is 0.510 bits per heavy atom. The number of rotatable bonds is 5. The van der Waals surface area contributed by atoms with Crippen LogP contribution < -0.4 is 0 Å².